The number of aromatic nitrogens is 3. The van der Waals surface area contributed by atoms with E-state index in [1.807, 2.05) is 66.9 Å². The van der Waals surface area contributed by atoms with Crippen LogP contribution in [0.25, 0.3) is 11.3 Å². The number of aryl methyl sites for hydroxylation is 1. The lowest BCUT2D eigenvalue weighted by molar-refractivity contribution is -0.139. The highest BCUT2D eigenvalue weighted by atomic mass is 16.4. The molecular weight excluding hydrogens is 350 g/mol. The minimum Gasteiger partial charge on any atom is -0.481 e. The molecule has 1 heterocycles. The van der Waals surface area contributed by atoms with E-state index in [1.54, 1.807) is 4.80 Å². The van der Waals surface area contributed by atoms with Crippen molar-refractivity contribution in [2.24, 2.45) is 0 Å². The van der Waals surface area contributed by atoms with Crippen molar-refractivity contribution in [1.29, 1.82) is 0 Å². The highest BCUT2D eigenvalue weighted by Gasteiger charge is 2.18. The minimum absolute atomic E-state index is 0.397. The first-order valence-corrected chi connectivity index (χ1v) is 9.97. The molecule has 0 amide bonds. The predicted octanol–water partition coefficient (Wildman–Crippen LogP) is 5.15. The summed E-state index contributed by atoms with van der Waals surface area (Å²) in [5.41, 5.74) is 2.88. The Morgan fingerprint density at radius 3 is 2.25 bits per heavy atom. The highest BCUT2D eigenvalue weighted by Crippen LogP contribution is 2.23. The summed E-state index contributed by atoms with van der Waals surface area (Å²) >= 11 is 0. The Labute approximate surface area is 166 Å². The van der Waals surface area contributed by atoms with Crippen LogP contribution in [0.15, 0.2) is 66.9 Å². The number of hydrogen-bond donors (Lipinski definition) is 1. The first-order chi connectivity index (χ1) is 13.7. The number of unbranched alkanes of at least 4 members (excludes halogenated alkanes) is 4. The Bertz CT molecular complexity index is 847. The van der Waals surface area contributed by atoms with Crippen molar-refractivity contribution >= 4 is 5.97 Å². The molecular formula is C23H27N3O2. The maximum atomic E-state index is 11.5. The number of carbonyl (C=O) groups is 1. The fraction of sp³-hybridized carbons (Fsp3) is 0.348. The number of carboxylic acid groups (broad SMARTS) is 1. The van der Waals surface area contributed by atoms with E-state index >= 15 is 0 Å². The van der Waals surface area contributed by atoms with Crippen molar-refractivity contribution in [3.05, 3.63) is 72.4 Å². The van der Waals surface area contributed by atoms with Crippen LogP contribution in [0.4, 0.5) is 0 Å². The van der Waals surface area contributed by atoms with E-state index in [-0.39, 0.29) is 0 Å². The summed E-state index contributed by atoms with van der Waals surface area (Å²) in [6.45, 7) is 0.814. The van der Waals surface area contributed by atoms with Gasteiger partial charge in [0.25, 0.3) is 0 Å². The van der Waals surface area contributed by atoms with Crippen molar-refractivity contribution in [3.63, 3.8) is 0 Å². The molecule has 0 radical (unpaired) electrons. The third-order valence-corrected chi connectivity index (χ3v) is 4.96. The quantitative estimate of drug-likeness (QED) is 0.469. The maximum absolute atomic E-state index is 11.5. The zero-order valence-electron chi connectivity index (χ0n) is 16.1. The lowest BCUT2D eigenvalue weighted by Crippen LogP contribution is -2.11. The molecule has 28 heavy (non-hydrogen) atoms. The van der Waals surface area contributed by atoms with Crippen LogP contribution in [-0.4, -0.2) is 26.1 Å². The third-order valence-electron chi connectivity index (χ3n) is 4.96. The monoisotopic (exact) mass is 377 g/mol. The van der Waals surface area contributed by atoms with Gasteiger partial charge in [-0.15, -0.1) is 0 Å². The van der Waals surface area contributed by atoms with Crippen LogP contribution in [0.2, 0.25) is 0 Å². The number of carboxylic acids is 1. The number of aliphatic carboxylic acids is 1. The molecule has 3 rings (SSSR count). The number of nitrogens with zero attached hydrogens (tertiary/aromatic N) is 3. The second-order valence-corrected chi connectivity index (χ2v) is 7.05. The molecule has 0 fully saturated rings. The molecule has 0 aliphatic heterocycles. The molecule has 0 bridgehead atoms. The van der Waals surface area contributed by atoms with Gasteiger partial charge in [-0.2, -0.15) is 15.0 Å². The van der Waals surface area contributed by atoms with Crippen molar-refractivity contribution in [1.82, 2.24) is 15.0 Å². The average molecular weight is 377 g/mol. The Balaban J connectivity index is 1.33. The van der Waals surface area contributed by atoms with E-state index < -0.39 is 11.9 Å². The highest BCUT2D eigenvalue weighted by molar-refractivity contribution is 5.75. The Kier molecular flexibility index (Phi) is 7.36. The van der Waals surface area contributed by atoms with Gasteiger partial charge >= 0.3 is 5.97 Å². The summed E-state index contributed by atoms with van der Waals surface area (Å²) < 4.78 is 0. The SMILES string of the molecule is O=C(O)C(CCCCCCCn1ncc(-c2ccccc2)n1)c1ccccc1. The molecule has 3 aromatic rings. The van der Waals surface area contributed by atoms with Crippen molar-refractivity contribution < 1.29 is 9.90 Å². The maximum Gasteiger partial charge on any atom is 0.310 e. The van der Waals surface area contributed by atoms with Crippen LogP contribution in [0, 0.1) is 0 Å². The molecule has 1 N–H and O–H groups in total. The van der Waals surface area contributed by atoms with Gasteiger partial charge in [0.1, 0.15) is 5.69 Å². The molecule has 5 nitrogen and oxygen atoms in total. The van der Waals surface area contributed by atoms with Crippen LogP contribution in [0.5, 0.6) is 0 Å². The largest absolute Gasteiger partial charge is 0.481 e. The number of hydrogen-bond acceptors (Lipinski definition) is 3. The van der Waals surface area contributed by atoms with Gasteiger partial charge in [-0.05, 0) is 18.4 Å². The second-order valence-electron chi connectivity index (χ2n) is 7.05. The van der Waals surface area contributed by atoms with E-state index in [2.05, 4.69) is 10.2 Å². The summed E-state index contributed by atoms with van der Waals surface area (Å²) in [5.74, 6) is -1.13. The molecule has 2 aromatic carbocycles. The van der Waals surface area contributed by atoms with Gasteiger partial charge in [0.2, 0.25) is 0 Å². The molecule has 146 valence electrons. The van der Waals surface area contributed by atoms with E-state index in [4.69, 9.17) is 0 Å². The van der Waals surface area contributed by atoms with Crippen LogP contribution in [0.1, 0.15) is 50.0 Å². The average Bonchev–Trinajstić information content (AvgIpc) is 3.20. The molecule has 0 spiro atoms. The second kappa shape index (κ2) is 10.4. The van der Waals surface area contributed by atoms with E-state index in [0.29, 0.717) is 6.42 Å². The smallest absolute Gasteiger partial charge is 0.310 e. The topological polar surface area (TPSA) is 68.0 Å². The molecule has 1 aromatic heterocycles. The van der Waals surface area contributed by atoms with Crippen LogP contribution >= 0.6 is 0 Å². The Morgan fingerprint density at radius 2 is 1.54 bits per heavy atom. The summed E-state index contributed by atoms with van der Waals surface area (Å²) in [4.78, 5) is 13.3. The van der Waals surface area contributed by atoms with Crippen LogP contribution in [-0.2, 0) is 11.3 Å². The molecule has 0 aliphatic rings. The normalized spacial score (nSPS) is 12.0. The van der Waals surface area contributed by atoms with Gasteiger partial charge in [-0.3, -0.25) is 4.79 Å². The van der Waals surface area contributed by atoms with Gasteiger partial charge in [-0.25, -0.2) is 0 Å². The number of rotatable bonds is 11. The zero-order valence-corrected chi connectivity index (χ0v) is 16.1. The van der Waals surface area contributed by atoms with Crippen molar-refractivity contribution in [2.75, 3.05) is 0 Å². The fourth-order valence-electron chi connectivity index (χ4n) is 3.40. The summed E-state index contributed by atoms with van der Waals surface area (Å²) in [6.07, 6.45) is 7.73. The van der Waals surface area contributed by atoms with Crippen LogP contribution in [0.3, 0.4) is 0 Å². The molecule has 1 unspecified atom stereocenters. The van der Waals surface area contributed by atoms with E-state index in [9.17, 15) is 9.90 Å². The first kappa shape index (κ1) is 19.8. The zero-order chi connectivity index (χ0) is 19.6. The number of benzene rings is 2. The standard InChI is InChI=1S/C23H27N3O2/c27-23(28)21(19-12-6-4-7-13-19)16-10-2-1-3-11-17-26-24-18-22(25-26)20-14-8-5-9-15-20/h4-9,12-15,18,21H,1-3,10-11,16-17H2,(H,27,28). The third kappa shape index (κ3) is 5.78. The summed E-state index contributed by atoms with van der Waals surface area (Å²) in [6, 6.07) is 19.6. The Morgan fingerprint density at radius 1 is 0.893 bits per heavy atom. The molecule has 5 heteroatoms. The lowest BCUT2D eigenvalue weighted by atomic mass is 9.93. The molecule has 0 saturated heterocycles. The Hall–Kier alpha value is -2.95. The van der Waals surface area contributed by atoms with Gasteiger partial charge < -0.3 is 5.11 Å². The van der Waals surface area contributed by atoms with Gasteiger partial charge in [0.05, 0.1) is 18.7 Å². The first-order valence-electron chi connectivity index (χ1n) is 9.97. The molecule has 0 aliphatic carbocycles. The fourth-order valence-corrected chi connectivity index (χ4v) is 3.40. The van der Waals surface area contributed by atoms with E-state index in [0.717, 1.165) is 55.5 Å². The van der Waals surface area contributed by atoms with Gasteiger partial charge in [0, 0.05) is 5.56 Å². The lowest BCUT2D eigenvalue weighted by Gasteiger charge is -2.12. The molecule has 0 saturated carbocycles. The summed E-state index contributed by atoms with van der Waals surface area (Å²) in [5, 5.41) is 18.3. The molecule has 1 atom stereocenters. The van der Waals surface area contributed by atoms with Crippen molar-refractivity contribution in [2.45, 2.75) is 51.0 Å². The van der Waals surface area contributed by atoms with Gasteiger partial charge in [-0.1, -0.05) is 86.3 Å². The van der Waals surface area contributed by atoms with Gasteiger partial charge in [0.15, 0.2) is 0 Å². The van der Waals surface area contributed by atoms with E-state index in [1.165, 1.54) is 0 Å². The van der Waals surface area contributed by atoms with Crippen molar-refractivity contribution in [3.8, 4) is 11.3 Å². The summed E-state index contributed by atoms with van der Waals surface area (Å²) in [7, 11) is 0. The predicted molar refractivity (Wildman–Crippen MR) is 110 cm³/mol. The minimum atomic E-state index is -0.731. The van der Waals surface area contributed by atoms with Crippen LogP contribution < -0.4 is 0 Å².